The Morgan fingerprint density at radius 3 is 2.72 bits per heavy atom. The van der Waals surface area contributed by atoms with Gasteiger partial charge in [0.25, 0.3) is 0 Å². The second-order valence-corrected chi connectivity index (χ2v) is 8.72. The van der Waals surface area contributed by atoms with E-state index in [0.717, 1.165) is 75.4 Å². The van der Waals surface area contributed by atoms with Crippen LogP contribution in [-0.4, -0.2) is 66.2 Å². The molecule has 1 aromatic rings. The average molecular weight is 385 g/mol. The first-order valence-electron chi connectivity index (χ1n) is 9.33. The van der Waals surface area contributed by atoms with Crippen LogP contribution in [0.25, 0.3) is 0 Å². The van der Waals surface area contributed by atoms with Crippen molar-refractivity contribution in [2.75, 3.05) is 39.3 Å². The van der Waals surface area contributed by atoms with Gasteiger partial charge in [0.15, 0.2) is 5.96 Å². The number of rotatable bonds is 5. The Balaban J connectivity index is 1.51. The van der Waals surface area contributed by atoms with Gasteiger partial charge < -0.3 is 15.3 Å². The topological polar surface area (TPSA) is 51.1 Å². The first-order chi connectivity index (χ1) is 12.2. The van der Waals surface area contributed by atoms with Crippen LogP contribution in [0.3, 0.4) is 0 Å². The van der Waals surface area contributed by atoms with E-state index in [0.29, 0.717) is 5.92 Å². The summed E-state index contributed by atoms with van der Waals surface area (Å²) in [4.78, 5) is 11.0. The Bertz CT molecular complexity index is 571. The third kappa shape index (κ3) is 5.33. The Morgan fingerprint density at radius 2 is 2.12 bits per heavy atom. The maximum atomic E-state index is 10.0. The van der Waals surface area contributed by atoms with Gasteiger partial charge in [-0.25, -0.2) is 0 Å². The molecule has 3 rings (SSSR count). The lowest BCUT2D eigenvalue weighted by Crippen LogP contribution is -2.52. The summed E-state index contributed by atoms with van der Waals surface area (Å²) in [5, 5.41) is 13.4. The molecule has 1 saturated carbocycles. The lowest BCUT2D eigenvalue weighted by Gasteiger charge is -2.36. The summed E-state index contributed by atoms with van der Waals surface area (Å²) < 4.78 is 0.865. The van der Waals surface area contributed by atoms with Crippen molar-refractivity contribution in [3.63, 3.8) is 0 Å². The first kappa shape index (κ1) is 19.0. The van der Waals surface area contributed by atoms with Crippen molar-refractivity contribution < 1.29 is 5.11 Å². The zero-order chi connectivity index (χ0) is 17.6. The lowest BCUT2D eigenvalue weighted by molar-refractivity contribution is 0.136. The van der Waals surface area contributed by atoms with Gasteiger partial charge in [-0.3, -0.25) is 9.89 Å². The van der Waals surface area contributed by atoms with Gasteiger partial charge in [0, 0.05) is 56.6 Å². The van der Waals surface area contributed by atoms with Crippen molar-refractivity contribution >= 4 is 28.9 Å². The molecular weight excluding hydrogens is 356 g/mol. The Labute approximate surface area is 159 Å². The number of nitrogens with one attached hydrogen (secondary N) is 1. The Morgan fingerprint density at radius 1 is 1.32 bits per heavy atom. The summed E-state index contributed by atoms with van der Waals surface area (Å²) in [6.07, 6.45) is 2.99. The number of guanidine groups is 1. The standard InChI is InChI=1S/C18H29ClN4OS/c1-2-20-18(21-12-14-4-3-5-16(14)24)23-10-8-22(9-11-23)13-15-6-7-17(19)25-15/h6-7,14,16,24H,2-5,8-13H2,1H3,(H,20,21). The molecule has 1 saturated heterocycles. The number of thiophene rings is 1. The second kappa shape index (κ2) is 9.21. The van der Waals surface area contributed by atoms with Gasteiger partial charge in [-0.2, -0.15) is 0 Å². The minimum absolute atomic E-state index is 0.166. The molecule has 0 amide bonds. The van der Waals surface area contributed by atoms with E-state index < -0.39 is 0 Å². The number of piperazine rings is 1. The molecule has 7 heteroatoms. The molecule has 2 atom stereocenters. The third-order valence-electron chi connectivity index (χ3n) is 5.11. The smallest absolute Gasteiger partial charge is 0.194 e. The number of halogens is 1. The van der Waals surface area contributed by atoms with Crippen molar-refractivity contribution in [3.8, 4) is 0 Å². The highest BCUT2D eigenvalue weighted by Gasteiger charge is 2.26. The SMILES string of the molecule is CCNC(=NCC1CCCC1O)N1CCN(Cc2ccc(Cl)s2)CC1. The third-order valence-corrected chi connectivity index (χ3v) is 6.33. The van der Waals surface area contributed by atoms with Crippen LogP contribution in [0.4, 0.5) is 0 Å². The molecule has 0 aromatic carbocycles. The molecule has 140 valence electrons. The monoisotopic (exact) mass is 384 g/mol. The molecule has 0 radical (unpaired) electrons. The van der Waals surface area contributed by atoms with Crippen molar-refractivity contribution in [3.05, 3.63) is 21.3 Å². The fourth-order valence-electron chi connectivity index (χ4n) is 3.63. The molecule has 2 aliphatic rings. The van der Waals surface area contributed by atoms with Crippen LogP contribution in [0.15, 0.2) is 17.1 Å². The van der Waals surface area contributed by atoms with Crippen LogP contribution in [0, 0.1) is 5.92 Å². The van der Waals surface area contributed by atoms with Crippen LogP contribution in [-0.2, 0) is 6.54 Å². The summed E-state index contributed by atoms with van der Waals surface area (Å²) in [6, 6.07) is 4.10. The van der Waals surface area contributed by atoms with E-state index in [2.05, 4.69) is 28.1 Å². The Kier molecular flexibility index (Phi) is 6.99. The van der Waals surface area contributed by atoms with E-state index in [9.17, 15) is 5.11 Å². The highest BCUT2D eigenvalue weighted by atomic mass is 35.5. The zero-order valence-corrected chi connectivity index (χ0v) is 16.5. The molecule has 1 aliphatic carbocycles. The molecule has 1 aromatic heterocycles. The van der Waals surface area contributed by atoms with E-state index in [1.807, 2.05) is 6.07 Å². The summed E-state index contributed by atoms with van der Waals surface area (Å²) >= 11 is 7.70. The maximum Gasteiger partial charge on any atom is 0.194 e. The summed E-state index contributed by atoms with van der Waals surface area (Å²) in [5.41, 5.74) is 0. The van der Waals surface area contributed by atoms with E-state index in [1.54, 1.807) is 11.3 Å². The van der Waals surface area contributed by atoms with Gasteiger partial charge in [0.2, 0.25) is 0 Å². The highest BCUT2D eigenvalue weighted by molar-refractivity contribution is 7.16. The molecule has 0 bridgehead atoms. The van der Waals surface area contributed by atoms with Gasteiger partial charge >= 0.3 is 0 Å². The fourth-order valence-corrected chi connectivity index (χ4v) is 4.76. The molecule has 2 fully saturated rings. The van der Waals surface area contributed by atoms with Crippen molar-refractivity contribution in [2.45, 2.75) is 38.8 Å². The van der Waals surface area contributed by atoms with Gasteiger partial charge in [-0.05, 0) is 31.9 Å². The van der Waals surface area contributed by atoms with Crippen molar-refractivity contribution in [2.24, 2.45) is 10.9 Å². The summed E-state index contributed by atoms with van der Waals surface area (Å²) in [6.45, 7) is 8.73. The summed E-state index contributed by atoms with van der Waals surface area (Å²) in [7, 11) is 0. The highest BCUT2D eigenvalue weighted by Crippen LogP contribution is 2.26. The minimum Gasteiger partial charge on any atom is -0.393 e. The predicted octanol–water partition coefficient (Wildman–Crippen LogP) is 2.65. The van der Waals surface area contributed by atoms with Gasteiger partial charge in [-0.15, -0.1) is 11.3 Å². The largest absolute Gasteiger partial charge is 0.393 e. The molecule has 2 unspecified atom stereocenters. The Hall–Kier alpha value is -0.820. The number of aliphatic hydroxyl groups is 1. The van der Waals surface area contributed by atoms with Crippen LogP contribution < -0.4 is 5.32 Å². The molecule has 2 heterocycles. The number of aliphatic imine (C=N–C) groups is 1. The van der Waals surface area contributed by atoms with E-state index in [-0.39, 0.29) is 6.10 Å². The van der Waals surface area contributed by atoms with Crippen LogP contribution >= 0.6 is 22.9 Å². The van der Waals surface area contributed by atoms with E-state index in [1.165, 1.54) is 4.88 Å². The molecule has 5 nitrogen and oxygen atoms in total. The van der Waals surface area contributed by atoms with Gasteiger partial charge in [0.1, 0.15) is 0 Å². The predicted molar refractivity (Wildman–Crippen MR) is 106 cm³/mol. The number of aliphatic hydroxyl groups excluding tert-OH is 1. The lowest BCUT2D eigenvalue weighted by atomic mass is 10.1. The fraction of sp³-hybridized carbons (Fsp3) is 0.722. The van der Waals surface area contributed by atoms with Crippen LogP contribution in [0.5, 0.6) is 0 Å². The molecule has 25 heavy (non-hydrogen) atoms. The van der Waals surface area contributed by atoms with Gasteiger partial charge in [0.05, 0.1) is 10.4 Å². The average Bonchev–Trinajstić information content (AvgIpc) is 3.20. The van der Waals surface area contributed by atoms with Crippen molar-refractivity contribution in [1.82, 2.24) is 15.1 Å². The summed E-state index contributed by atoms with van der Waals surface area (Å²) in [5.74, 6) is 1.33. The molecule has 1 aliphatic heterocycles. The van der Waals surface area contributed by atoms with Crippen molar-refractivity contribution in [1.29, 1.82) is 0 Å². The number of nitrogens with zero attached hydrogens (tertiary/aromatic N) is 3. The molecule has 2 N–H and O–H groups in total. The van der Waals surface area contributed by atoms with E-state index >= 15 is 0 Å². The maximum absolute atomic E-state index is 10.0. The first-order valence-corrected chi connectivity index (χ1v) is 10.5. The zero-order valence-electron chi connectivity index (χ0n) is 15.0. The van der Waals surface area contributed by atoms with E-state index in [4.69, 9.17) is 16.6 Å². The normalized spacial score (nSPS) is 25.6. The quantitative estimate of drug-likeness (QED) is 0.605. The minimum atomic E-state index is -0.166. The number of hydrogen-bond acceptors (Lipinski definition) is 4. The molecule has 0 spiro atoms. The molecular formula is C18H29ClN4OS. The van der Waals surface area contributed by atoms with Crippen LogP contribution in [0.2, 0.25) is 4.34 Å². The second-order valence-electron chi connectivity index (χ2n) is 6.92. The van der Waals surface area contributed by atoms with Gasteiger partial charge in [-0.1, -0.05) is 18.0 Å². The van der Waals surface area contributed by atoms with Crippen LogP contribution in [0.1, 0.15) is 31.1 Å². The number of hydrogen-bond donors (Lipinski definition) is 2.